The van der Waals surface area contributed by atoms with Gasteiger partial charge in [0.2, 0.25) is 0 Å². The standard InChI is InChI=1S/C19H21N5O2/c1-23-13-19(21-22-23)14-2-3-15-11-20-17(9-16(15)8-14)10-18(25)12-24-4-6-26-7-5-24/h2-3,8-9,11,13H,4-7,10,12H2,1H3. The highest BCUT2D eigenvalue weighted by Crippen LogP contribution is 2.23. The second-order valence-corrected chi connectivity index (χ2v) is 6.62. The van der Waals surface area contributed by atoms with Crippen LogP contribution in [-0.4, -0.2) is 63.5 Å². The summed E-state index contributed by atoms with van der Waals surface area (Å²) >= 11 is 0. The summed E-state index contributed by atoms with van der Waals surface area (Å²) < 4.78 is 7.00. The fraction of sp³-hybridized carbons (Fsp3) is 0.368. The van der Waals surface area contributed by atoms with Gasteiger partial charge in [-0.1, -0.05) is 17.3 Å². The molecule has 0 aliphatic carbocycles. The number of pyridine rings is 1. The molecule has 1 fully saturated rings. The maximum atomic E-state index is 12.4. The minimum atomic E-state index is 0.184. The summed E-state index contributed by atoms with van der Waals surface area (Å²) in [6.07, 6.45) is 4.06. The van der Waals surface area contributed by atoms with Crippen molar-refractivity contribution in [1.82, 2.24) is 24.9 Å². The molecule has 3 aromatic rings. The Morgan fingerprint density at radius 2 is 2.04 bits per heavy atom. The number of carbonyl (C=O) groups excluding carboxylic acids is 1. The van der Waals surface area contributed by atoms with Crippen LogP contribution in [0.25, 0.3) is 22.0 Å². The number of aromatic nitrogens is 4. The Morgan fingerprint density at radius 3 is 2.81 bits per heavy atom. The van der Waals surface area contributed by atoms with Crippen LogP contribution in [0.1, 0.15) is 5.69 Å². The van der Waals surface area contributed by atoms with E-state index in [0.29, 0.717) is 26.2 Å². The van der Waals surface area contributed by atoms with Crippen molar-refractivity contribution < 1.29 is 9.53 Å². The topological polar surface area (TPSA) is 73.1 Å². The molecule has 134 valence electrons. The zero-order valence-electron chi connectivity index (χ0n) is 14.8. The molecule has 2 aromatic heterocycles. The van der Waals surface area contributed by atoms with E-state index in [1.54, 1.807) is 4.68 Å². The van der Waals surface area contributed by atoms with Crippen molar-refractivity contribution in [3.8, 4) is 11.3 Å². The van der Waals surface area contributed by atoms with Gasteiger partial charge in [0.15, 0.2) is 5.78 Å². The Bertz CT molecular complexity index is 931. The summed E-state index contributed by atoms with van der Waals surface area (Å²) in [5.41, 5.74) is 2.63. The first-order valence-corrected chi connectivity index (χ1v) is 8.74. The van der Waals surface area contributed by atoms with Crippen LogP contribution in [-0.2, 0) is 23.0 Å². The molecule has 1 aromatic carbocycles. The molecular formula is C19H21N5O2. The first kappa shape index (κ1) is 16.8. The van der Waals surface area contributed by atoms with Gasteiger partial charge in [-0.2, -0.15) is 0 Å². The maximum absolute atomic E-state index is 12.4. The number of ether oxygens (including phenoxy) is 1. The molecule has 0 spiro atoms. The van der Waals surface area contributed by atoms with Crippen LogP contribution < -0.4 is 0 Å². The summed E-state index contributed by atoms with van der Waals surface area (Å²) in [4.78, 5) is 19.0. The number of carbonyl (C=O) groups is 1. The minimum absolute atomic E-state index is 0.184. The van der Waals surface area contributed by atoms with E-state index in [0.717, 1.165) is 40.8 Å². The molecule has 0 N–H and O–H groups in total. The lowest BCUT2D eigenvalue weighted by atomic mass is 10.0. The molecule has 0 unspecified atom stereocenters. The predicted octanol–water partition coefficient (Wildman–Crippen LogP) is 1.47. The molecule has 1 aliphatic heterocycles. The number of morpholine rings is 1. The van der Waals surface area contributed by atoms with Gasteiger partial charge < -0.3 is 4.74 Å². The number of aryl methyl sites for hydroxylation is 1. The highest BCUT2D eigenvalue weighted by Gasteiger charge is 2.15. The fourth-order valence-corrected chi connectivity index (χ4v) is 3.19. The predicted molar refractivity (Wildman–Crippen MR) is 97.7 cm³/mol. The fourth-order valence-electron chi connectivity index (χ4n) is 3.19. The molecule has 0 atom stereocenters. The van der Waals surface area contributed by atoms with Crippen molar-refractivity contribution in [3.05, 3.63) is 42.4 Å². The molecular weight excluding hydrogens is 330 g/mol. The van der Waals surface area contributed by atoms with Gasteiger partial charge in [0, 0.05) is 43.0 Å². The number of hydrogen-bond acceptors (Lipinski definition) is 6. The first-order valence-electron chi connectivity index (χ1n) is 8.74. The third-order valence-corrected chi connectivity index (χ3v) is 4.56. The van der Waals surface area contributed by atoms with E-state index < -0.39 is 0 Å². The van der Waals surface area contributed by atoms with E-state index in [2.05, 4.69) is 26.3 Å². The molecule has 0 saturated carbocycles. The third-order valence-electron chi connectivity index (χ3n) is 4.56. The number of hydrogen-bond donors (Lipinski definition) is 0. The molecule has 1 aliphatic rings. The van der Waals surface area contributed by atoms with E-state index >= 15 is 0 Å². The zero-order chi connectivity index (χ0) is 17.9. The summed E-state index contributed by atoms with van der Waals surface area (Å²) in [5.74, 6) is 0.184. The molecule has 26 heavy (non-hydrogen) atoms. The van der Waals surface area contributed by atoms with Crippen LogP contribution in [0.2, 0.25) is 0 Å². The number of Topliss-reactive ketones (excluding diaryl/α,β-unsaturated/α-hetero) is 1. The molecule has 0 bridgehead atoms. The quantitative estimate of drug-likeness (QED) is 0.693. The van der Waals surface area contributed by atoms with Gasteiger partial charge in [-0.15, -0.1) is 5.10 Å². The molecule has 0 amide bonds. The summed E-state index contributed by atoms with van der Waals surface area (Å²) in [5, 5.41) is 10.2. The first-order chi connectivity index (χ1) is 12.7. The molecule has 1 saturated heterocycles. The highest BCUT2D eigenvalue weighted by molar-refractivity contribution is 5.88. The lowest BCUT2D eigenvalue weighted by Gasteiger charge is -2.25. The van der Waals surface area contributed by atoms with Crippen molar-refractivity contribution >= 4 is 16.6 Å². The van der Waals surface area contributed by atoms with Gasteiger partial charge in [0.05, 0.1) is 32.4 Å². The van der Waals surface area contributed by atoms with Crippen molar-refractivity contribution in [2.75, 3.05) is 32.8 Å². The van der Waals surface area contributed by atoms with Crippen molar-refractivity contribution in [2.45, 2.75) is 6.42 Å². The third kappa shape index (κ3) is 3.79. The average molecular weight is 351 g/mol. The summed E-state index contributed by atoms with van der Waals surface area (Å²) in [6.45, 7) is 3.50. The SMILES string of the molecule is Cn1cc(-c2ccc3cnc(CC(=O)CN4CCOCC4)cc3c2)nn1. The lowest BCUT2D eigenvalue weighted by Crippen LogP contribution is -2.39. The van der Waals surface area contributed by atoms with E-state index in [9.17, 15) is 4.79 Å². The number of rotatable bonds is 5. The van der Waals surface area contributed by atoms with E-state index in [1.807, 2.05) is 37.6 Å². The van der Waals surface area contributed by atoms with Crippen molar-refractivity contribution in [3.63, 3.8) is 0 Å². The average Bonchev–Trinajstić information content (AvgIpc) is 3.08. The number of benzene rings is 1. The van der Waals surface area contributed by atoms with Gasteiger partial charge in [0.1, 0.15) is 5.69 Å². The molecule has 0 radical (unpaired) electrons. The smallest absolute Gasteiger partial charge is 0.152 e. The number of nitrogens with zero attached hydrogens (tertiary/aromatic N) is 5. The van der Waals surface area contributed by atoms with Crippen molar-refractivity contribution in [2.24, 2.45) is 7.05 Å². The normalized spacial score (nSPS) is 15.4. The number of fused-ring (bicyclic) bond motifs is 1. The van der Waals surface area contributed by atoms with Crippen LogP contribution in [0.5, 0.6) is 0 Å². The lowest BCUT2D eigenvalue weighted by molar-refractivity contribution is -0.120. The second-order valence-electron chi connectivity index (χ2n) is 6.62. The largest absolute Gasteiger partial charge is 0.379 e. The van der Waals surface area contributed by atoms with Crippen molar-refractivity contribution in [1.29, 1.82) is 0 Å². The summed E-state index contributed by atoms with van der Waals surface area (Å²) in [7, 11) is 1.85. The Hall–Kier alpha value is -2.64. The second kappa shape index (κ2) is 7.31. The van der Waals surface area contributed by atoms with Gasteiger partial charge in [-0.05, 0) is 17.5 Å². The Kier molecular flexibility index (Phi) is 4.73. The van der Waals surface area contributed by atoms with Gasteiger partial charge in [-0.3, -0.25) is 19.4 Å². The highest BCUT2D eigenvalue weighted by atomic mass is 16.5. The maximum Gasteiger partial charge on any atom is 0.152 e. The molecule has 7 nitrogen and oxygen atoms in total. The Morgan fingerprint density at radius 1 is 1.19 bits per heavy atom. The van der Waals surface area contributed by atoms with E-state index in [4.69, 9.17) is 4.74 Å². The van der Waals surface area contributed by atoms with E-state index in [-0.39, 0.29) is 5.78 Å². The van der Waals surface area contributed by atoms with Crippen LogP contribution >= 0.6 is 0 Å². The molecule has 3 heterocycles. The summed E-state index contributed by atoms with van der Waals surface area (Å²) in [6, 6.07) is 8.09. The Balaban J connectivity index is 1.51. The molecule has 4 rings (SSSR count). The molecule has 7 heteroatoms. The monoisotopic (exact) mass is 351 g/mol. The van der Waals surface area contributed by atoms with Crippen LogP contribution in [0.3, 0.4) is 0 Å². The van der Waals surface area contributed by atoms with Gasteiger partial charge in [-0.25, -0.2) is 0 Å². The minimum Gasteiger partial charge on any atom is -0.379 e. The Labute approximate surface area is 151 Å². The van der Waals surface area contributed by atoms with Crippen LogP contribution in [0, 0.1) is 0 Å². The van der Waals surface area contributed by atoms with Gasteiger partial charge in [0.25, 0.3) is 0 Å². The van der Waals surface area contributed by atoms with Crippen LogP contribution in [0.15, 0.2) is 36.7 Å². The van der Waals surface area contributed by atoms with E-state index in [1.165, 1.54) is 0 Å². The number of ketones is 1. The van der Waals surface area contributed by atoms with Crippen LogP contribution in [0.4, 0.5) is 0 Å². The van der Waals surface area contributed by atoms with Gasteiger partial charge >= 0.3 is 0 Å². The zero-order valence-corrected chi connectivity index (χ0v) is 14.8.